The highest BCUT2D eigenvalue weighted by Crippen LogP contribution is 2.32. The zero-order chi connectivity index (χ0) is 14.2. The summed E-state index contributed by atoms with van der Waals surface area (Å²) in [4.78, 5) is 0. The van der Waals surface area contributed by atoms with E-state index in [-0.39, 0.29) is 0 Å². The van der Waals surface area contributed by atoms with E-state index in [2.05, 4.69) is 54.6 Å². The molecule has 0 unspecified atom stereocenters. The summed E-state index contributed by atoms with van der Waals surface area (Å²) < 4.78 is 0. The molecule has 0 radical (unpaired) electrons. The average molecular weight is 270 g/mol. The van der Waals surface area contributed by atoms with Crippen molar-refractivity contribution in [3.05, 3.63) is 78.9 Å². The SMILES string of the molecule is Oc1cccc2cc(-c3cccc4ccccc34)ccc12. The summed E-state index contributed by atoms with van der Waals surface area (Å²) in [7, 11) is 0. The Bertz CT molecular complexity index is 949. The predicted octanol–water partition coefficient (Wildman–Crippen LogP) is 5.37. The molecule has 0 aromatic heterocycles. The van der Waals surface area contributed by atoms with Crippen molar-refractivity contribution in [3.8, 4) is 16.9 Å². The third-order valence-electron chi connectivity index (χ3n) is 3.96. The van der Waals surface area contributed by atoms with E-state index in [4.69, 9.17) is 0 Å². The molecule has 0 saturated carbocycles. The molecular formula is C20H14O. The maximum absolute atomic E-state index is 9.90. The summed E-state index contributed by atoms with van der Waals surface area (Å²) in [6.07, 6.45) is 0. The van der Waals surface area contributed by atoms with Crippen molar-refractivity contribution in [3.63, 3.8) is 0 Å². The van der Waals surface area contributed by atoms with Crippen LogP contribution in [0, 0.1) is 0 Å². The van der Waals surface area contributed by atoms with E-state index in [1.165, 1.54) is 21.9 Å². The van der Waals surface area contributed by atoms with Gasteiger partial charge in [-0.2, -0.15) is 0 Å². The van der Waals surface area contributed by atoms with E-state index in [1.807, 2.05) is 18.2 Å². The van der Waals surface area contributed by atoms with E-state index in [9.17, 15) is 5.11 Å². The van der Waals surface area contributed by atoms with Gasteiger partial charge in [0.15, 0.2) is 0 Å². The van der Waals surface area contributed by atoms with Gasteiger partial charge in [-0.3, -0.25) is 0 Å². The van der Waals surface area contributed by atoms with Crippen LogP contribution in [0.4, 0.5) is 0 Å². The van der Waals surface area contributed by atoms with Gasteiger partial charge in [-0.1, -0.05) is 66.7 Å². The lowest BCUT2D eigenvalue weighted by Crippen LogP contribution is -1.82. The quantitative estimate of drug-likeness (QED) is 0.493. The Labute approximate surface area is 123 Å². The highest BCUT2D eigenvalue weighted by Gasteiger charge is 2.05. The van der Waals surface area contributed by atoms with Gasteiger partial charge in [0.1, 0.15) is 5.75 Å². The molecule has 0 bridgehead atoms. The van der Waals surface area contributed by atoms with Gasteiger partial charge in [-0.05, 0) is 39.4 Å². The Morgan fingerprint density at radius 3 is 2.29 bits per heavy atom. The smallest absolute Gasteiger partial charge is 0.123 e. The molecule has 0 aliphatic heterocycles. The first kappa shape index (κ1) is 12.0. The standard InChI is InChI=1S/C20H14O/c21-20-10-4-7-15-13-16(11-12-19(15)20)18-9-3-6-14-5-1-2-8-17(14)18/h1-13,21H. The van der Waals surface area contributed by atoms with Crippen molar-refractivity contribution in [1.29, 1.82) is 0 Å². The summed E-state index contributed by atoms with van der Waals surface area (Å²) in [6, 6.07) is 26.6. The van der Waals surface area contributed by atoms with Crippen LogP contribution in [0.25, 0.3) is 32.7 Å². The molecule has 4 rings (SSSR count). The highest BCUT2D eigenvalue weighted by atomic mass is 16.3. The second-order valence-electron chi connectivity index (χ2n) is 5.24. The Morgan fingerprint density at radius 1 is 0.571 bits per heavy atom. The van der Waals surface area contributed by atoms with Crippen LogP contribution < -0.4 is 0 Å². The van der Waals surface area contributed by atoms with E-state index in [0.29, 0.717) is 5.75 Å². The minimum Gasteiger partial charge on any atom is -0.507 e. The fraction of sp³-hybridized carbons (Fsp3) is 0. The van der Waals surface area contributed by atoms with E-state index < -0.39 is 0 Å². The monoisotopic (exact) mass is 270 g/mol. The lowest BCUT2D eigenvalue weighted by Gasteiger charge is -2.08. The van der Waals surface area contributed by atoms with Crippen LogP contribution in [0.1, 0.15) is 0 Å². The number of benzene rings is 4. The predicted molar refractivity (Wildman–Crippen MR) is 88.6 cm³/mol. The van der Waals surface area contributed by atoms with Gasteiger partial charge in [0, 0.05) is 5.39 Å². The normalized spacial score (nSPS) is 11.0. The molecule has 21 heavy (non-hydrogen) atoms. The van der Waals surface area contributed by atoms with Crippen LogP contribution in [0.2, 0.25) is 0 Å². The van der Waals surface area contributed by atoms with Crippen molar-refractivity contribution in [2.75, 3.05) is 0 Å². The summed E-state index contributed by atoms with van der Waals surface area (Å²) in [5.74, 6) is 0.331. The number of hydrogen-bond acceptors (Lipinski definition) is 1. The Balaban J connectivity index is 2.01. The molecular weight excluding hydrogens is 256 g/mol. The minimum absolute atomic E-state index is 0.331. The molecule has 0 fully saturated rings. The molecule has 0 saturated heterocycles. The molecule has 0 amide bonds. The molecule has 0 atom stereocenters. The third-order valence-corrected chi connectivity index (χ3v) is 3.96. The van der Waals surface area contributed by atoms with Crippen molar-refractivity contribution in [1.82, 2.24) is 0 Å². The zero-order valence-electron chi connectivity index (χ0n) is 11.5. The molecule has 0 aliphatic rings. The van der Waals surface area contributed by atoms with Crippen LogP contribution >= 0.6 is 0 Å². The summed E-state index contributed by atoms with van der Waals surface area (Å²) in [6.45, 7) is 0. The number of phenolic OH excluding ortho intramolecular Hbond substituents is 1. The molecule has 4 aromatic rings. The van der Waals surface area contributed by atoms with Crippen molar-refractivity contribution < 1.29 is 5.11 Å². The van der Waals surface area contributed by atoms with Crippen LogP contribution in [0.3, 0.4) is 0 Å². The van der Waals surface area contributed by atoms with E-state index in [0.717, 1.165) is 10.8 Å². The topological polar surface area (TPSA) is 20.2 Å². The fourth-order valence-corrected chi connectivity index (χ4v) is 2.91. The van der Waals surface area contributed by atoms with Crippen LogP contribution in [0.15, 0.2) is 78.9 Å². The number of aromatic hydroxyl groups is 1. The van der Waals surface area contributed by atoms with Gasteiger partial charge in [-0.15, -0.1) is 0 Å². The average Bonchev–Trinajstić information content (AvgIpc) is 2.54. The van der Waals surface area contributed by atoms with E-state index >= 15 is 0 Å². The van der Waals surface area contributed by atoms with E-state index in [1.54, 1.807) is 6.07 Å². The van der Waals surface area contributed by atoms with Crippen molar-refractivity contribution in [2.24, 2.45) is 0 Å². The van der Waals surface area contributed by atoms with Gasteiger partial charge in [-0.25, -0.2) is 0 Å². The first-order valence-electron chi connectivity index (χ1n) is 7.03. The first-order chi connectivity index (χ1) is 10.3. The molecule has 1 nitrogen and oxygen atoms in total. The first-order valence-corrected chi connectivity index (χ1v) is 7.03. The second-order valence-corrected chi connectivity index (χ2v) is 5.24. The van der Waals surface area contributed by atoms with Gasteiger partial charge in [0.05, 0.1) is 0 Å². The largest absolute Gasteiger partial charge is 0.507 e. The van der Waals surface area contributed by atoms with Gasteiger partial charge in [0.2, 0.25) is 0 Å². The Kier molecular flexibility index (Phi) is 2.65. The maximum Gasteiger partial charge on any atom is 0.123 e. The number of rotatable bonds is 1. The number of hydrogen-bond donors (Lipinski definition) is 1. The number of phenols is 1. The van der Waals surface area contributed by atoms with Crippen LogP contribution in [-0.4, -0.2) is 5.11 Å². The van der Waals surface area contributed by atoms with Gasteiger partial charge in [0.25, 0.3) is 0 Å². The Morgan fingerprint density at radius 2 is 1.33 bits per heavy atom. The molecule has 0 heterocycles. The van der Waals surface area contributed by atoms with Crippen molar-refractivity contribution in [2.45, 2.75) is 0 Å². The molecule has 1 heteroatoms. The highest BCUT2D eigenvalue weighted by molar-refractivity contribution is 5.99. The second kappa shape index (κ2) is 4.64. The summed E-state index contributed by atoms with van der Waals surface area (Å²) in [5, 5.41) is 14.3. The van der Waals surface area contributed by atoms with Crippen LogP contribution in [-0.2, 0) is 0 Å². The molecule has 0 aliphatic carbocycles. The Hall–Kier alpha value is -2.80. The minimum atomic E-state index is 0.331. The summed E-state index contributed by atoms with van der Waals surface area (Å²) >= 11 is 0. The zero-order valence-corrected chi connectivity index (χ0v) is 11.5. The third kappa shape index (κ3) is 1.95. The van der Waals surface area contributed by atoms with Gasteiger partial charge < -0.3 is 5.11 Å². The maximum atomic E-state index is 9.90. The molecule has 4 aromatic carbocycles. The fourth-order valence-electron chi connectivity index (χ4n) is 2.91. The van der Waals surface area contributed by atoms with Gasteiger partial charge >= 0.3 is 0 Å². The summed E-state index contributed by atoms with van der Waals surface area (Å²) in [5.41, 5.74) is 2.39. The molecule has 0 spiro atoms. The molecule has 1 N–H and O–H groups in total. The van der Waals surface area contributed by atoms with Crippen molar-refractivity contribution >= 4 is 21.5 Å². The van der Waals surface area contributed by atoms with Crippen LogP contribution in [0.5, 0.6) is 5.75 Å². The lowest BCUT2D eigenvalue weighted by atomic mass is 9.96. The number of fused-ring (bicyclic) bond motifs is 2. The molecule has 100 valence electrons. The lowest BCUT2D eigenvalue weighted by molar-refractivity contribution is 0.481.